The molecule has 1 N–H and O–H groups in total. The van der Waals surface area contributed by atoms with Crippen LogP contribution >= 0.6 is 0 Å². The van der Waals surface area contributed by atoms with E-state index in [1.807, 2.05) is 6.07 Å². The number of nitrogens with zero attached hydrogens (tertiary/aromatic N) is 1. The lowest BCUT2D eigenvalue weighted by Gasteiger charge is -2.30. The fourth-order valence-electron chi connectivity index (χ4n) is 3.74. The molecule has 28 heavy (non-hydrogen) atoms. The second-order valence-corrected chi connectivity index (χ2v) is 7.55. The molecule has 152 valence electrons. The van der Waals surface area contributed by atoms with E-state index >= 15 is 0 Å². The van der Waals surface area contributed by atoms with Crippen LogP contribution in [0.3, 0.4) is 0 Å². The summed E-state index contributed by atoms with van der Waals surface area (Å²) in [5.74, 6) is -0.150. The van der Waals surface area contributed by atoms with Crippen LogP contribution in [0.25, 0.3) is 0 Å². The Labute approximate surface area is 165 Å². The molecule has 0 aromatic heterocycles. The highest BCUT2D eigenvalue weighted by molar-refractivity contribution is 5.99. The van der Waals surface area contributed by atoms with Gasteiger partial charge < -0.3 is 14.8 Å². The van der Waals surface area contributed by atoms with E-state index in [0.717, 1.165) is 19.3 Å². The lowest BCUT2D eigenvalue weighted by molar-refractivity contribution is -0.154. The van der Waals surface area contributed by atoms with Crippen molar-refractivity contribution in [3.63, 3.8) is 0 Å². The minimum atomic E-state index is -0.907. The van der Waals surface area contributed by atoms with Crippen molar-refractivity contribution in [1.29, 1.82) is 0 Å². The maximum atomic E-state index is 12.4. The Kier molecular flexibility index (Phi) is 6.54. The molecule has 1 aliphatic heterocycles. The summed E-state index contributed by atoms with van der Waals surface area (Å²) in [6.45, 7) is 3.70. The Balaban J connectivity index is 1.58. The van der Waals surface area contributed by atoms with Gasteiger partial charge in [-0.2, -0.15) is 0 Å². The van der Waals surface area contributed by atoms with Crippen LogP contribution in [0.4, 0.5) is 5.69 Å². The highest BCUT2D eigenvalue weighted by atomic mass is 16.5. The molecule has 7 heteroatoms. The van der Waals surface area contributed by atoms with Crippen molar-refractivity contribution in [3.8, 4) is 5.75 Å². The third-order valence-electron chi connectivity index (χ3n) is 5.43. The first kappa shape index (κ1) is 20.2. The summed E-state index contributed by atoms with van der Waals surface area (Å²) in [6.07, 6.45) is 3.60. The summed E-state index contributed by atoms with van der Waals surface area (Å²) in [5.41, 5.74) is 0.537. The van der Waals surface area contributed by atoms with Gasteiger partial charge in [-0.3, -0.25) is 19.3 Å². The summed E-state index contributed by atoms with van der Waals surface area (Å²) in [5, 5.41) is 3.00. The number of esters is 1. The number of carbonyl (C=O) groups is 3. The number of fused-ring (bicyclic) bond motifs is 1. The molecule has 1 aromatic rings. The smallest absolute Gasteiger partial charge is 0.326 e. The first-order chi connectivity index (χ1) is 13.5. The van der Waals surface area contributed by atoms with Gasteiger partial charge in [0.05, 0.1) is 18.7 Å². The Hall–Kier alpha value is -2.57. The van der Waals surface area contributed by atoms with E-state index in [9.17, 15) is 14.4 Å². The zero-order chi connectivity index (χ0) is 20.1. The standard InChI is InChI=1S/C21H28N2O5/c1-14-7-3-4-8-16(14)22-21(26)15(2)28-20(25)13-23-17-9-5-6-10-18(17)27-12-11-19(23)24/h5-6,9-10,14-16H,3-4,7-8,11-13H2,1-2H3,(H,22,26)/t14-,15-,16+/m1/s1. The molecule has 1 heterocycles. The SMILES string of the molecule is C[C@@H]1CCCC[C@@H]1NC(=O)[C@@H](C)OC(=O)CN1C(=O)CCOc2ccccc21. The topological polar surface area (TPSA) is 84.9 Å². The summed E-state index contributed by atoms with van der Waals surface area (Å²) >= 11 is 0. The van der Waals surface area contributed by atoms with Gasteiger partial charge in [0.1, 0.15) is 12.3 Å². The number of para-hydroxylation sites is 2. The van der Waals surface area contributed by atoms with Gasteiger partial charge in [0.15, 0.2) is 6.10 Å². The van der Waals surface area contributed by atoms with E-state index in [1.165, 1.54) is 11.3 Å². The number of benzene rings is 1. The fraction of sp³-hybridized carbons (Fsp3) is 0.571. The molecule has 0 spiro atoms. The lowest BCUT2D eigenvalue weighted by Crippen LogP contribution is -2.46. The van der Waals surface area contributed by atoms with Crippen LogP contribution in [0.15, 0.2) is 24.3 Å². The summed E-state index contributed by atoms with van der Waals surface area (Å²) < 4.78 is 10.9. The molecule has 0 unspecified atom stereocenters. The van der Waals surface area contributed by atoms with Crippen LogP contribution in [-0.4, -0.2) is 43.1 Å². The first-order valence-corrected chi connectivity index (χ1v) is 9.97. The monoisotopic (exact) mass is 388 g/mol. The Morgan fingerprint density at radius 2 is 2.04 bits per heavy atom. The number of nitrogens with one attached hydrogen (secondary N) is 1. The van der Waals surface area contributed by atoms with Gasteiger partial charge >= 0.3 is 5.97 Å². The second kappa shape index (κ2) is 9.08. The molecule has 3 rings (SSSR count). The number of amides is 2. The molecule has 1 saturated carbocycles. The number of hydrogen-bond acceptors (Lipinski definition) is 5. The Bertz CT molecular complexity index is 735. The third kappa shape index (κ3) is 4.82. The highest BCUT2D eigenvalue weighted by Gasteiger charge is 2.29. The quantitative estimate of drug-likeness (QED) is 0.783. The minimum absolute atomic E-state index is 0.124. The van der Waals surface area contributed by atoms with E-state index < -0.39 is 12.1 Å². The van der Waals surface area contributed by atoms with Crippen LogP contribution in [0.2, 0.25) is 0 Å². The average molecular weight is 388 g/mol. The number of anilines is 1. The minimum Gasteiger partial charge on any atom is -0.491 e. The summed E-state index contributed by atoms with van der Waals surface area (Å²) in [4.78, 5) is 38.6. The molecule has 2 amide bonds. The average Bonchev–Trinajstić information content (AvgIpc) is 2.82. The van der Waals surface area contributed by atoms with Crippen LogP contribution in [-0.2, 0) is 19.1 Å². The maximum absolute atomic E-state index is 12.4. The zero-order valence-electron chi connectivity index (χ0n) is 16.5. The van der Waals surface area contributed by atoms with Gasteiger partial charge in [-0.15, -0.1) is 0 Å². The van der Waals surface area contributed by atoms with Gasteiger partial charge in [0.25, 0.3) is 5.91 Å². The molecule has 1 fully saturated rings. The summed E-state index contributed by atoms with van der Waals surface area (Å²) in [6, 6.07) is 7.20. The van der Waals surface area contributed by atoms with Crippen molar-refractivity contribution in [2.24, 2.45) is 5.92 Å². The van der Waals surface area contributed by atoms with Crippen LogP contribution in [0, 0.1) is 5.92 Å². The fourth-order valence-corrected chi connectivity index (χ4v) is 3.74. The Morgan fingerprint density at radius 1 is 1.29 bits per heavy atom. The molecule has 0 bridgehead atoms. The van der Waals surface area contributed by atoms with E-state index in [2.05, 4.69) is 12.2 Å². The van der Waals surface area contributed by atoms with Crippen molar-refractivity contribution in [2.45, 2.75) is 58.1 Å². The summed E-state index contributed by atoms with van der Waals surface area (Å²) in [7, 11) is 0. The van der Waals surface area contributed by atoms with Crippen LogP contribution in [0.5, 0.6) is 5.75 Å². The van der Waals surface area contributed by atoms with Gasteiger partial charge in [0.2, 0.25) is 5.91 Å². The predicted molar refractivity (Wildman–Crippen MR) is 104 cm³/mol. The largest absolute Gasteiger partial charge is 0.491 e. The Morgan fingerprint density at radius 3 is 2.82 bits per heavy atom. The van der Waals surface area contributed by atoms with Crippen LogP contribution < -0.4 is 15.0 Å². The maximum Gasteiger partial charge on any atom is 0.326 e. The number of ether oxygens (including phenoxy) is 2. The molecule has 3 atom stereocenters. The molecular formula is C21H28N2O5. The van der Waals surface area contributed by atoms with Crippen molar-refractivity contribution < 1.29 is 23.9 Å². The number of rotatable bonds is 5. The number of hydrogen-bond donors (Lipinski definition) is 1. The van der Waals surface area contributed by atoms with Crippen molar-refractivity contribution in [1.82, 2.24) is 5.32 Å². The molecular weight excluding hydrogens is 360 g/mol. The normalized spacial score (nSPS) is 23.1. The second-order valence-electron chi connectivity index (χ2n) is 7.55. The van der Waals surface area contributed by atoms with E-state index in [1.54, 1.807) is 25.1 Å². The van der Waals surface area contributed by atoms with E-state index in [4.69, 9.17) is 9.47 Å². The number of carbonyl (C=O) groups excluding carboxylic acids is 3. The zero-order valence-corrected chi connectivity index (χ0v) is 16.5. The lowest BCUT2D eigenvalue weighted by atomic mass is 9.86. The predicted octanol–water partition coefficient (Wildman–Crippen LogP) is 2.43. The third-order valence-corrected chi connectivity index (χ3v) is 5.43. The van der Waals surface area contributed by atoms with Crippen molar-refractivity contribution in [3.05, 3.63) is 24.3 Å². The molecule has 1 aromatic carbocycles. The molecule has 1 aliphatic carbocycles. The highest BCUT2D eigenvalue weighted by Crippen LogP contribution is 2.30. The van der Waals surface area contributed by atoms with Gasteiger partial charge in [-0.05, 0) is 37.8 Å². The van der Waals surface area contributed by atoms with E-state index in [-0.39, 0.29) is 37.4 Å². The van der Waals surface area contributed by atoms with Gasteiger partial charge in [0, 0.05) is 6.04 Å². The molecule has 0 saturated heterocycles. The van der Waals surface area contributed by atoms with E-state index in [0.29, 0.717) is 17.4 Å². The van der Waals surface area contributed by atoms with Crippen molar-refractivity contribution >= 4 is 23.5 Å². The van der Waals surface area contributed by atoms with Gasteiger partial charge in [-0.1, -0.05) is 31.9 Å². The van der Waals surface area contributed by atoms with Gasteiger partial charge in [-0.25, -0.2) is 0 Å². The van der Waals surface area contributed by atoms with Crippen molar-refractivity contribution in [2.75, 3.05) is 18.1 Å². The molecule has 0 radical (unpaired) electrons. The molecule has 7 nitrogen and oxygen atoms in total. The first-order valence-electron chi connectivity index (χ1n) is 9.97. The van der Waals surface area contributed by atoms with Crippen LogP contribution in [0.1, 0.15) is 46.0 Å². The molecule has 2 aliphatic rings.